The van der Waals surface area contributed by atoms with Crippen LogP contribution in [-0.4, -0.2) is 29.4 Å². The van der Waals surface area contributed by atoms with Gasteiger partial charge in [0.15, 0.2) is 0 Å². The number of carboxylic acids is 1. The highest BCUT2D eigenvalue weighted by Gasteiger charge is 2.00. The molecule has 0 aliphatic rings. The van der Waals surface area contributed by atoms with Crippen LogP contribution in [0.2, 0.25) is 0 Å². The summed E-state index contributed by atoms with van der Waals surface area (Å²) in [7, 11) is 0. The Labute approximate surface area is 95.1 Å². The molecule has 0 amide bonds. The third-order valence-corrected chi connectivity index (χ3v) is 1.43. The Hall–Kier alpha value is -1.65. The SMILES string of the molecule is CC(=O)CC(=O)O.CC=C(C)C(=O)OCC. The summed E-state index contributed by atoms with van der Waals surface area (Å²) in [5.74, 6) is -1.60. The van der Waals surface area contributed by atoms with Crippen molar-refractivity contribution in [3.8, 4) is 0 Å². The maximum Gasteiger partial charge on any atom is 0.333 e. The topological polar surface area (TPSA) is 80.7 Å². The predicted octanol–water partition coefficient (Wildman–Crippen LogP) is 1.57. The van der Waals surface area contributed by atoms with Crippen LogP contribution in [0.5, 0.6) is 0 Å². The van der Waals surface area contributed by atoms with Gasteiger partial charge in [-0.1, -0.05) is 6.08 Å². The zero-order valence-corrected chi connectivity index (χ0v) is 10.1. The number of aliphatic carboxylic acids is 1. The summed E-state index contributed by atoms with van der Waals surface area (Å²) in [6.07, 6.45) is 1.37. The molecule has 0 aromatic rings. The minimum atomic E-state index is -1.06. The number of hydrogen-bond acceptors (Lipinski definition) is 4. The van der Waals surface area contributed by atoms with Gasteiger partial charge in [-0.25, -0.2) is 4.79 Å². The molecular formula is C11H18O5. The molecule has 0 aromatic heterocycles. The van der Waals surface area contributed by atoms with Gasteiger partial charge in [-0.15, -0.1) is 0 Å². The number of ketones is 1. The minimum absolute atomic E-state index is 0.222. The van der Waals surface area contributed by atoms with Crippen LogP contribution in [0.15, 0.2) is 11.6 Å². The van der Waals surface area contributed by atoms with Gasteiger partial charge < -0.3 is 9.84 Å². The Bertz CT molecular complexity index is 266. The van der Waals surface area contributed by atoms with Gasteiger partial charge in [0.25, 0.3) is 0 Å². The summed E-state index contributed by atoms with van der Waals surface area (Å²) < 4.78 is 4.69. The summed E-state index contributed by atoms with van der Waals surface area (Å²) in [5.41, 5.74) is 0.664. The molecule has 5 heteroatoms. The lowest BCUT2D eigenvalue weighted by Gasteiger charge is -1.98. The van der Waals surface area contributed by atoms with Gasteiger partial charge in [-0.05, 0) is 27.7 Å². The molecule has 0 saturated heterocycles. The van der Waals surface area contributed by atoms with Gasteiger partial charge in [0, 0.05) is 5.57 Å². The van der Waals surface area contributed by atoms with E-state index in [-0.39, 0.29) is 18.2 Å². The number of allylic oxidation sites excluding steroid dienone is 1. The van der Waals surface area contributed by atoms with E-state index in [0.717, 1.165) is 0 Å². The molecule has 0 saturated carbocycles. The molecule has 16 heavy (non-hydrogen) atoms. The molecule has 0 radical (unpaired) electrons. The number of carbonyl (C=O) groups is 3. The molecule has 92 valence electrons. The van der Waals surface area contributed by atoms with E-state index in [0.29, 0.717) is 12.2 Å². The number of hydrogen-bond donors (Lipinski definition) is 1. The molecule has 0 heterocycles. The molecule has 0 spiro atoms. The Morgan fingerprint density at radius 1 is 1.25 bits per heavy atom. The van der Waals surface area contributed by atoms with Crippen molar-refractivity contribution >= 4 is 17.7 Å². The summed E-state index contributed by atoms with van der Waals surface area (Å²) in [6, 6.07) is 0. The highest BCUT2D eigenvalue weighted by molar-refractivity contribution is 5.93. The molecule has 0 bridgehead atoms. The summed E-state index contributed by atoms with van der Waals surface area (Å²) in [4.78, 5) is 30.1. The number of carboxylic acid groups (broad SMARTS) is 1. The van der Waals surface area contributed by atoms with Crippen molar-refractivity contribution in [2.75, 3.05) is 6.61 Å². The first-order valence-electron chi connectivity index (χ1n) is 4.86. The van der Waals surface area contributed by atoms with Gasteiger partial charge >= 0.3 is 11.9 Å². The van der Waals surface area contributed by atoms with E-state index in [1.165, 1.54) is 6.92 Å². The highest BCUT2D eigenvalue weighted by Crippen LogP contribution is 1.94. The molecule has 5 nitrogen and oxygen atoms in total. The molecule has 0 fully saturated rings. The van der Waals surface area contributed by atoms with Gasteiger partial charge in [-0.2, -0.15) is 0 Å². The Morgan fingerprint density at radius 3 is 1.94 bits per heavy atom. The lowest BCUT2D eigenvalue weighted by molar-refractivity contribution is -0.140. The van der Waals surface area contributed by atoms with Crippen LogP contribution in [0, 0.1) is 0 Å². The average Bonchev–Trinajstić information content (AvgIpc) is 2.15. The fourth-order valence-electron chi connectivity index (χ4n) is 0.576. The average molecular weight is 230 g/mol. The van der Waals surface area contributed by atoms with Crippen molar-refractivity contribution in [1.29, 1.82) is 0 Å². The van der Waals surface area contributed by atoms with Crippen LogP contribution in [-0.2, 0) is 19.1 Å². The van der Waals surface area contributed by atoms with E-state index in [2.05, 4.69) is 4.74 Å². The number of rotatable bonds is 4. The van der Waals surface area contributed by atoms with E-state index >= 15 is 0 Å². The highest BCUT2D eigenvalue weighted by atomic mass is 16.5. The zero-order valence-electron chi connectivity index (χ0n) is 10.1. The van der Waals surface area contributed by atoms with Gasteiger partial charge in [0.2, 0.25) is 0 Å². The van der Waals surface area contributed by atoms with Crippen LogP contribution in [0.25, 0.3) is 0 Å². The van der Waals surface area contributed by atoms with E-state index in [1.807, 2.05) is 6.92 Å². The predicted molar refractivity (Wildman–Crippen MR) is 59.0 cm³/mol. The standard InChI is InChI=1S/C7H12O2.C4H6O3/c1-4-6(3)7(8)9-5-2;1-3(5)2-4(6)7/h4H,5H2,1-3H3;2H2,1H3,(H,6,7). The van der Waals surface area contributed by atoms with Gasteiger partial charge in [0.05, 0.1) is 6.61 Å². The molecular weight excluding hydrogens is 212 g/mol. The molecule has 0 unspecified atom stereocenters. The summed E-state index contributed by atoms with van der Waals surface area (Å²) >= 11 is 0. The monoisotopic (exact) mass is 230 g/mol. The maximum absolute atomic E-state index is 10.7. The lowest BCUT2D eigenvalue weighted by atomic mass is 10.3. The molecule has 0 rings (SSSR count). The molecule has 1 N–H and O–H groups in total. The van der Waals surface area contributed by atoms with Crippen LogP contribution in [0.3, 0.4) is 0 Å². The number of ether oxygens (including phenoxy) is 1. The third-order valence-electron chi connectivity index (χ3n) is 1.43. The first-order chi connectivity index (χ1) is 7.34. The summed E-state index contributed by atoms with van der Waals surface area (Å²) in [5, 5.41) is 7.86. The van der Waals surface area contributed by atoms with Crippen LogP contribution in [0.1, 0.15) is 34.1 Å². The summed E-state index contributed by atoms with van der Waals surface area (Å²) in [6.45, 7) is 7.03. The molecule has 0 aliphatic carbocycles. The van der Waals surface area contributed by atoms with Gasteiger partial charge in [-0.3, -0.25) is 9.59 Å². The van der Waals surface area contributed by atoms with Crippen LogP contribution < -0.4 is 0 Å². The first kappa shape index (κ1) is 16.8. The van der Waals surface area contributed by atoms with Crippen molar-refractivity contribution in [2.24, 2.45) is 0 Å². The molecule has 0 atom stereocenters. The molecule has 0 aliphatic heterocycles. The van der Waals surface area contributed by atoms with E-state index in [9.17, 15) is 14.4 Å². The van der Waals surface area contributed by atoms with Crippen molar-refractivity contribution < 1.29 is 24.2 Å². The quantitative estimate of drug-likeness (QED) is 0.450. The van der Waals surface area contributed by atoms with Crippen LogP contribution >= 0.6 is 0 Å². The van der Waals surface area contributed by atoms with Crippen molar-refractivity contribution in [2.45, 2.75) is 34.1 Å². The first-order valence-corrected chi connectivity index (χ1v) is 4.86. The van der Waals surface area contributed by atoms with Gasteiger partial charge in [0.1, 0.15) is 12.2 Å². The Kier molecular flexibility index (Phi) is 10.4. The minimum Gasteiger partial charge on any atom is -0.481 e. The number of Topliss-reactive ketones (excluding diaryl/α,β-unsaturated/α-hetero) is 1. The normalized spacial score (nSPS) is 9.88. The molecule has 0 aromatic carbocycles. The fourth-order valence-corrected chi connectivity index (χ4v) is 0.576. The van der Waals surface area contributed by atoms with E-state index < -0.39 is 5.97 Å². The number of esters is 1. The smallest absolute Gasteiger partial charge is 0.333 e. The zero-order chi connectivity index (χ0) is 13.1. The fraction of sp³-hybridized carbons (Fsp3) is 0.545. The number of carbonyl (C=O) groups excluding carboxylic acids is 2. The second-order valence-electron chi connectivity index (χ2n) is 2.96. The van der Waals surface area contributed by atoms with Crippen molar-refractivity contribution in [1.82, 2.24) is 0 Å². The maximum atomic E-state index is 10.7. The van der Waals surface area contributed by atoms with E-state index in [4.69, 9.17) is 5.11 Å². The Morgan fingerprint density at radius 2 is 1.75 bits per heavy atom. The third kappa shape index (κ3) is 12.3. The second kappa shape index (κ2) is 9.89. The van der Waals surface area contributed by atoms with Crippen molar-refractivity contribution in [3.05, 3.63) is 11.6 Å². The van der Waals surface area contributed by atoms with Crippen molar-refractivity contribution in [3.63, 3.8) is 0 Å². The largest absolute Gasteiger partial charge is 0.481 e. The van der Waals surface area contributed by atoms with Crippen LogP contribution in [0.4, 0.5) is 0 Å². The van der Waals surface area contributed by atoms with E-state index in [1.54, 1.807) is 19.9 Å². The Balaban J connectivity index is 0. The second-order valence-corrected chi connectivity index (χ2v) is 2.96. The lowest BCUT2D eigenvalue weighted by Crippen LogP contribution is -2.04.